The summed E-state index contributed by atoms with van der Waals surface area (Å²) in [5.41, 5.74) is -6.67. The fourth-order valence-corrected chi connectivity index (χ4v) is 2.73. The second kappa shape index (κ2) is 8.54. The summed E-state index contributed by atoms with van der Waals surface area (Å²) < 4.78 is 169. The maximum absolute atomic E-state index is 14.4. The van der Waals surface area contributed by atoms with Crippen molar-refractivity contribution in [2.24, 2.45) is 0 Å². The van der Waals surface area contributed by atoms with Crippen molar-refractivity contribution in [2.45, 2.75) is 0 Å². The van der Waals surface area contributed by atoms with Crippen LogP contribution in [0.3, 0.4) is 0 Å². The Hall–Kier alpha value is -3.36. The van der Waals surface area contributed by atoms with Crippen LogP contribution in [0.5, 0.6) is 5.75 Å². The molecular formula is C18H3BF12O2. The minimum atomic E-state index is -3.28. The van der Waals surface area contributed by atoms with Gasteiger partial charge in [-0.3, -0.25) is 0 Å². The molecule has 3 aromatic rings. The van der Waals surface area contributed by atoms with Gasteiger partial charge in [0.25, 0.3) is 0 Å². The molecule has 33 heavy (non-hydrogen) atoms. The second-order valence-corrected chi connectivity index (χ2v) is 6.13. The lowest BCUT2D eigenvalue weighted by Crippen LogP contribution is -2.42. The quantitative estimate of drug-likeness (QED) is 0.247. The van der Waals surface area contributed by atoms with Crippen LogP contribution in [0, 0.1) is 69.8 Å². The third-order valence-corrected chi connectivity index (χ3v) is 4.25. The van der Waals surface area contributed by atoms with Crippen LogP contribution in [-0.2, 0) is 0 Å². The molecule has 3 aromatic carbocycles. The molecule has 2 nitrogen and oxygen atoms in total. The van der Waals surface area contributed by atoms with Gasteiger partial charge in [-0.1, -0.05) is 0 Å². The number of hydrogen-bond acceptors (Lipinski definition) is 2. The lowest BCUT2D eigenvalue weighted by Gasteiger charge is -2.18. The first-order chi connectivity index (χ1) is 15.3. The molecule has 0 aliphatic rings. The van der Waals surface area contributed by atoms with Gasteiger partial charge in [0, 0.05) is 11.0 Å². The van der Waals surface area contributed by atoms with Crippen LogP contribution in [0.2, 0.25) is 0 Å². The van der Waals surface area contributed by atoms with Gasteiger partial charge in [0.05, 0.1) is 5.56 Å². The van der Waals surface area contributed by atoms with Gasteiger partial charge < -0.3 is 9.68 Å². The Labute approximate surface area is 174 Å². The Morgan fingerprint density at radius 3 is 1.42 bits per heavy atom. The summed E-state index contributed by atoms with van der Waals surface area (Å²) in [5, 5.41) is 9.99. The Kier molecular flexibility index (Phi) is 6.28. The summed E-state index contributed by atoms with van der Waals surface area (Å²) in [4.78, 5) is 0. The average Bonchev–Trinajstić information content (AvgIpc) is 2.78. The smallest absolute Gasteiger partial charge is 0.530 e. The molecule has 174 valence electrons. The number of benzene rings is 3. The fourth-order valence-electron chi connectivity index (χ4n) is 2.73. The molecular weight excluding hydrogens is 487 g/mol. The third-order valence-electron chi connectivity index (χ3n) is 4.25. The van der Waals surface area contributed by atoms with Crippen LogP contribution in [0.15, 0.2) is 12.1 Å². The maximum Gasteiger partial charge on any atom is 0.564 e. The third kappa shape index (κ3) is 3.75. The van der Waals surface area contributed by atoms with E-state index in [1.807, 2.05) is 0 Å². The SMILES string of the molecule is OB(Oc1ccc(F)c(F)c1F)c1c(F)c(F)c(F)c(F)c1-c1c(F)c(F)c(F)c(F)c1F. The standard InChI is InChI=1S/C18H3BF12O2/c20-3-1-2-4(9(22)8(3)21)33-19(32)7-5(10(23)14(27)17(30)13(7)26)6-11(24)15(28)18(31)16(29)12(6)25/h1-2,32H. The van der Waals surface area contributed by atoms with Crippen molar-refractivity contribution >= 4 is 12.6 Å². The largest absolute Gasteiger partial charge is 0.564 e. The van der Waals surface area contributed by atoms with Gasteiger partial charge in [-0.15, -0.1) is 0 Å². The van der Waals surface area contributed by atoms with Crippen molar-refractivity contribution in [3.63, 3.8) is 0 Å². The van der Waals surface area contributed by atoms with Crippen LogP contribution in [0.1, 0.15) is 0 Å². The van der Waals surface area contributed by atoms with E-state index in [0.29, 0.717) is 0 Å². The lowest BCUT2D eigenvalue weighted by molar-refractivity contribution is 0.376. The topological polar surface area (TPSA) is 29.5 Å². The van der Waals surface area contributed by atoms with Crippen LogP contribution in [-0.4, -0.2) is 12.1 Å². The molecule has 0 amide bonds. The molecule has 0 unspecified atom stereocenters. The summed E-state index contributed by atoms with van der Waals surface area (Å²) >= 11 is 0. The van der Waals surface area contributed by atoms with E-state index in [1.54, 1.807) is 0 Å². The molecule has 0 heterocycles. The zero-order valence-electron chi connectivity index (χ0n) is 15.1. The molecule has 0 aromatic heterocycles. The Morgan fingerprint density at radius 2 is 0.909 bits per heavy atom. The van der Waals surface area contributed by atoms with Gasteiger partial charge in [-0.2, -0.15) is 4.39 Å². The van der Waals surface area contributed by atoms with Crippen molar-refractivity contribution in [3.05, 3.63) is 81.9 Å². The summed E-state index contributed by atoms with van der Waals surface area (Å²) in [6.45, 7) is 0. The minimum Gasteiger partial charge on any atom is -0.530 e. The van der Waals surface area contributed by atoms with Crippen LogP contribution < -0.4 is 10.1 Å². The summed E-state index contributed by atoms with van der Waals surface area (Å²) in [5.74, 6) is -32.4. The van der Waals surface area contributed by atoms with Crippen molar-refractivity contribution < 1.29 is 62.4 Å². The molecule has 15 heteroatoms. The Bertz CT molecular complexity index is 1270. The predicted octanol–water partition coefficient (Wildman–Crippen LogP) is 4.79. The monoisotopic (exact) mass is 490 g/mol. The molecule has 0 aliphatic heterocycles. The van der Waals surface area contributed by atoms with E-state index in [-0.39, 0.29) is 12.1 Å². The van der Waals surface area contributed by atoms with Gasteiger partial charge in [0.2, 0.25) is 11.6 Å². The van der Waals surface area contributed by atoms with E-state index in [0.717, 1.165) is 0 Å². The molecule has 0 bridgehead atoms. The molecule has 0 radical (unpaired) electrons. The van der Waals surface area contributed by atoms with E-state index in [1.165, 1.54) is 0 Å². The Balaban J connectivity index is 2.34. The molecule has 0 saturated heterocycles. The molecule has 0 saturated carbocycles. The minimum absolute atomic E-state index is 0.216. The molecule has 0 spiro atoms. The molecule has 3 rings (SSSR count). The summed E-state index contributed by atoms with van der Waals surface area (Å²) in [6.07, 6.45) is 0. The first-order valence-electron chi connectivity index (χ1n) is 8.17. The van der Waals surface area contributed by atoms with Crippen molar-refractivity contribution in [2.75, 3.05) is 0 Å². The highest BCUT2D eigenvalue weighted by Gasteiger charge is 2.39. The maximum atomic E-state index is 14.4. The van der Waals surface area contributed by atoms with E-state index in [4.69, 9.17) is 0 Å². The highest BCUT2D eigenvalue weighted by molar-refractivity contribution is 6.62. The summed E-state index contributed by atoms with van der Waals surface area (Å²) in [7, 11) is -3.28. The number of halogens is 12. The van der Waals surface area contributed by atoms with Gasteiger partial charge in [0.15, 0.2) is 58.2 Å². The van der Waals surface area contributed by atoms with Gasteiger partial charge >= 0.3 is 7.12 Å². The van der Waals surface area contributed by atoms with Crippen LogP contribution in [0.4, 0.5) is 52.7 Å². The van der Waals surface area contributed by atoms with Crippen molar-refractivity contribution in [1.82, 2.24) is 0 Å². The fraction of sp³-hybridized carbons (Fsp3) is 0. The van der Waals surface area contributed by atoms with Crippen molar-refractivity contribution in [3.8, 4) is 16.9 Å². The normalized spacial score (nSPS) is 11.2. The van der Waals surface area contributed by atoms with Gasteiger partial charge in [0.1, 0.15) is 5.75 Å². The van der Waals surface area contributed by atoms with Gasteiger partial charge in [-0.05, 0) is 12.1 Å². The molecule has 0 aliphatic carbocycles. The van der Waals surface area contributed by atoms with E-state index < -0.39 is 99.3 Å². The number of hydrogen-bond donors (Lipinski definition) is 1. The highest BCUT2D eigenvalue weighted by Crippen LogP contribution is 2.35. The zero-order chi connectivity index (χ0) is 24.9. The predicted molar refractivity (Wildman–Crippen MR) is 86.1 cm³/mol. The second-order valence-electron chi connectivity index (χ2n) is 6.13. The lowest BCUT2D eigenvalue weighted by atomic mass is 9.73. The molecule has 0 atom stereocenters. The van der Waals surface area contributed by atoms with E-state index in [9.17, 15) is 57.7 Å². The highest BCUT2D eigenvalue weighted by atomic mass is 19.2. The van der Waals surface area contributed by atoms with Gasteiger partial charge in [-0.25, -0.2) is 48.3 Å². The van der Waals surface area contributed by atoms with Crippen molar-refractivity contribution in [1.29, 1.82) is 0 Å². The molecule has 1 N–H and O–H groups in total. The Morgan fingerprint density at radius 1 is 0.485 bits per heavy atom. The van der Waals surface area contributed by atoms with E-state index in [2.05, 4.69) is 4.65 Å². The van der Waals surface area contributed by atoms with Crippen LogP contribution in [0.25, 0.3) is 11.1 Å². The average molecular weight is 490 g/mol. The zero-order valence-corrected chi connectivity index (χ0v) is 15.1. The number of rotatable bonds is 4. The van der Waals surface area contributed by atoms with Crippen LogP contribution >= 0.6 is 0 Å². The molecule has 0 fully saturated rings. The summed E-state index contributed by atoms with van der Waals surface area (Å²) in [6, 6.07) is 0.497. The first kappa shape index (κ1) is 24.3. The first-order valence-corrected chi connectivity index (χ1v) is 8.17. The van der Waals surface area contributed by atoms with E-state index >= 15 is 0 Å².